The average molecular weight is 389 g/mol. The van der Waals surface area contributed by atoms with Crippen molar-refractivity contribution in [2.75, 3.05) is 11.1 Å². The highest BCUT2D eigenvalue weighted by Crippen LogP contribution is 2.22. The molecule has 0 radical (unpaired) electrons. The fraction of sp³-hybridized carbons (Fsp3) is 0.450. The highest BCUT2D eigenvalue weighted by Gasteiger charge is 2.15. The molecule has 27 heavy (non-hydrogen) atoms. The van der Waals surface area contributed by atoms with Gasteiger partial charge in [0.15, 0.2) is 5.16 Å². The maximum Gasteiger partial charge on any atom is 0.325 e. The number of anilines is 1. The molecule has 0 bridgehead atoms. The summed E-state index contributed by atoms with van der Waals surface area (Å²) in [5.74, 6) is -0.203. The predicted octanol–water partition coefficient (Wildman–Crippen LogP) is 4.36. The molecule has 146 valence electrons. The first-order chi connectivity index (χ1) is 12.8. The van der Waals surface area contributed by atoms with E-state index in [0.29, 0.717) is 5.69 Å². The van der Waals surface area contributed by atoms with E-state index in [1.54, 1.807) is 0 Å². The van der Waals surface area contributed by atoms with Crippen molar-refractivity contribution in [3.63, 3.8) is 0 Å². The van der Waals surface area contributed by atoms with Crippen molar-refractivity contribution < 1.29 is 9.59 Å². The van der Waals surface area contributed by atoms with Crippen LogP contribution in [-0.4, -0.2) is 27.2 Å². The Morgan fingerprint density at radius 1 is 1.19 bits per heavy atom. The standard InChI is InChI=1S/C20H28N4O2S/c1-6-7-11-24-16(5)15(4)21-20(24)27-12-18(25)23-19(26)22-17-10-8-9-13(2)14(17)3/h8-10H,6-7,11-12H2,1-5H3,(H2,22,23,25,26). The zero-order valence-electron chi connectivity index (χ0n) is 16.7. The van der Waals surface area contributed by atoms with E-state index < -0.39 is 6.03 Å². The number of imide groups is 1. The number of amides is 3. The fourth-order valence-corrected chi connectivity index (χ4v) is 3.56. The number of thioether (sulfide) groups is 1. The number of hydrogen-bond acceptors (Lipinski definition) is 4. The monoisotopic (exact) mass is 388 g/mol. The lowest BCUT2D eigenvalue weighted by Crippen LogP contribution is -2.35. The van der Waals surface area contributed by atoms with Crippen molar-refractivity contribution in [3.05, 3.63) is 40.7 Å². The van der Waals surface area contributed by atoms with E-state index in [2.05, 4.69) is 27.1 Å². The molecule has 0 spiro atoms. The minimum Gasteiger partial charge on any atom is -0.323 e. The highest BCUT2D eigenvalue weighted by molar-refractivity contribution is 7.99. The second-order valence-corrected chi connectivity index (χ2v) is 7.55. The number of hydrogen-bond donors (Lipinski definition) is 2. The molecule has 6 nitrogen and oxygen atoms in total. The van der Waals surface area contributed by atoms with Crippen LogP contribution in [0.25, 0.3) is 0 Å². The number of imidazole rings is 1. The first-order valence-electron chi connectivity index (χ1n) is 9.17. The number of carbonyl (C=O) groups excluding carboxylic acids is 2. The number of aryl methyl sites for hydroxylation is 2. The molecule has 2 aromatic rings. The second-order valence-electron chi connectivity index (χ2n) is 6.61. The lowest BCUT2D eigenvalue weighted by atomic mass is 10.1. The van der Waals surface area contributed by atoms with Crippen LogP contribution in [0.4, 0.5) is 10.5 Å². The van der Waals surface area contributed by atoms with Gasteiger partial charge in [-0.25, -0.2) is 9.78 Å². The summed E-state index contributed by atoms with van der Waals surface area (Å²) in [5, 5.41) is 5.94. The van der Waals surface area contributed by atoms with Gasteiger partial charge in [-0.2, -0.15) is 0 Å². The summed E-state index contributed by atoms with van der Waals surface area (Å²) in [7, 11) is 0. The first kappa shape index (κ1) is 21.0. The third-order valence-electron chi connectivity index (χ3n) is 4.60. The molecule has 0 fully saturated rings. The van der Waals surface area contributed by atoms with Gasteiger partial charge >= 0.3 is 6.03 Å². The maximum atomic E-state index is 12.2. The van der Waals surface area contributed by atoms with Gasteiger partial charge in [0.25, 0.3) is 0 Å². The molecular formula is C20H28N4O2S. The summed E-state index contributed by atoms with van der Waals surface area (Å²) in [6, 6.07) is 5.15. The molecule has 0 saturated carbocycles. The SMILES string of the molecule is CCCCn1c(SCC(=O)NC(=O)Nc2cccc(C)c2C)nc(C)c1C. The lowest BCUT2D eigenvalue weighted by molar-refractivity contribution is -0.117. The fourth-order valence-electron chi connectivity index (χ4n) is 2.65. The summed E-state index contributed by atoms with van der Waals surface area (Å²) in [4.78, 5) is 28.8. The van der Waals surface area contributed by atoms with E-state index in [-0.39, 0.29) is 11.7 Å². The smallest absolute Gasteiger partial charge is 0.323 e. The van der Waals surface area contributed by atoms with E-state index in [0.717, 1.165) is 47.1 Å². The molecule has 2 N–H and O–H groups in total. The average Bonchev–Trinajstić information content (AvgIpc) is 2.89. The number of benzene rings is 1. The Labute approximate surface area is 165 Å². The molecule has 0 aliphatic rings. The van der Waals surface area contributed by atoms with Crippen molar-refractivity contribution in [2.24, 2.45) is 0 Å². The number of unbranched alkanes of at least 4 members (excludes halogenated alkanes) is 1. The molecule has 1 aromatic heterocycles. The zero-order valence-corrected chi connectivity index (χ0v) is 17.5. The van der Waals surface area contributed by atoms with Gasteiger partial charge in [-0.3, -0.25) is 10.1 Å². The van der Waals surface area contributed by atoms with Gasteiger partial charge in [0.1, 0.15) is 0 Å². The Kier molecular flexibility index (Phi) is 7.47. The van der Waals surface area contributed by atoms with E-state index in [1.165, 1.54) is 11.8 Å². The van der Waals surface area contributed by atoms with Crippen molar-refractivity contribution in [1.82, 2.24) is 14.9 Å². The van der Waals surface area contributed by atoms with Gasteiger partial charge in [-0.1, -0.05) is 37.2 Å². The minimum absolute atomic E-state index is 0.141. The summed E-state index contributed by atoms with van der Waals surface area (Å²) >= 11 is 1.35. The number of urea groups is 1. The molecule has 0 unspecified atom stereocenters. The molecule has 0 saturated heterocycles. The van der Waals surface area contributed by atoms with Crippen LogP contribution in [0.2, 0.25) is 0 Å². The second kappa shape index (κ2) is 9.60. The van der Waals surface area contributed by atoms with Gasteiger partial charge in [0, 0.05) is 17.9 Å². The van der Waals surface area contributed by atoms with Crippen LogP contribution in [0.15, 0.2) is 23.4 Å². The Morgan fingerprint density at radius 2 is 1.93 bits per heavy atom. The van der Waals surface area contributed by atoms with Gasteiger partial charge in [0.05, 0.1) is 11.4 Å². The van der Waals surface area contributed by atoms with E-state index in [4.69, 9.17) is 0 Å². The molecule has 1 aromatic carbocycles. The molecule has 3 amide bonds. The van der Waals surface area contributed by atoms with Crippen molar-refractivity contribution in [1.29, 1.82) is 0 Å². The Bertz CT molecular complexity index is 830. The Morgan fingerprint density at radius 3 is 2.63 bits per heavy atom. The lowest BCUT2D eigenvalue weighted by Gasteiger charge is -2.11. The molecular weight excluding hydrogens is 360 g/mol. The van der Waals surface area contributed by atoms with Gasteiger partial charge in [-0.05, 0) is 51.3 Å². The number of rotatable bonds is 7. The zero-order chi connectivity index (χ0) is 20.0. The van der Waals surface area contributed by atoms with Crippen LogP contribution in [0, 0.1) is 27.7 Å². The van der Waals surface area contributed by atoms with Crippen molar-refractivity contribution in [2.45, 2.75) is 59.2 Å². The topological polar surface area (TPSA) is 76.0 Å². The Hall–Kier alpha value is -2.28. The first-order valence-corrected chi connectivity index (χ1v) is 10.2. The summed E-state index contributed by atoms with van der Waals surface area (Å²) in [6.45, 7) is 11.0. The summed E-state index contributed by atoms with van der Waals surface area (Å²) in [6.07, 6.45) is 2.16. The number of carbonyl (C=O) groups is 2. The van der Waals surface area contributed by atoms with Crippen LogP contribution < -0.4 is 10.6 Å². The number of nitrogens with zero attached hydrogens (tertiary/aromatic N) is 2. The molecule has 0 atom stereocenters. The number of aromatic nitrogens is 2. The highest BCUT2D eigenvalue weighted by atomic mass is 32.2. The van der Waals surface area contributed by atoms with Crippen LogP contribution in [0.3, 0.4) is 0 Å². The Balaban J connectivity index is 1.92. The minimum atomic E-state index is -0.518. The van der Waals surface area contributed by atoms with Gasteiger partial charge in [-0.15, -0.1) is 0 Å². The maximum absolute atomic E-state index is 12.2. The van der Waals surface area contributed by atoms with Crippen LogP contribution in [0.5, 0.6) is 0 Å². The molecule has 0 aliphatic heterocycles. The van der Waals surface area contributed by atoms with E-state index >= 15 is 0 Å². The summed E-state index contributed by atoms with van der Waals surface area (Å²) < 4.78 is 2.15. The van der Waals surface area contributed by atoms with Gasteiger partial charge < -0.3 is 9.88 Å². The third kappa shape index (κ3) is 5.60. The van der Waals surface area contributed by atoms with Crippen molar-refractivity contribution in [3.8, 4) is 0 Å². The van der Waals surface area contributed by atoms with Crippen molar-refractivity contribution >= 4 is 29.4 Å². The predicted molar refractivity (Wildman–Crippen MR) is 110 cm³/mol. The van der Waals surface area contributed by atoms with E-state index in [1.807, 2.05) is 45.9 Å². The molecule has 2 rings (SSSR count). The van der Waals surface area contributed by atoms with Crippen LogP contribution in [-0.2, 0) is 11.3 Å². The van der Waals surface area contributed by atoms with Crippen LogP contribution >= 0.6 is 11.8 Å². The normalized spacial score (nSPS) is 10.7. The summed E-state index contributed by atoms with van der Waals surface area (Å²) in [5.41, 5.74) is 4.87. The molecule has 0 aliphatic carbocycles. The largest absolute Gasteiger partial charge is 0.325 e. The quantitative estimate of drug-likeness (QED) is 0.691. The molecule has 1 heterocycles. The van der Waals surface area contributed by atoms with Crippen LogP contribution in [0.1, 0.15) is 42.3 Å². The van der Waals surface area contributed by atoms with E-state index in [9.17, 15) is 9.59 Å². The number of nitrogens with one attached hydrogen (secondary N) is 2. The van der Waals surface area contributed by atoms with Gasteiger partial charge in [0.2, 0.25) is 5.91 Å². The molecule has 7 heteroatoms. The third-order valence-corrected chi connectivity index (χ3v) is 5.57.